The molecule has 17 heavy (non-hydrogen) atoms. The number of thiophene rings is 1. The number of carbonyl (C=O) groups is 1. The summed E-state index contributed by atoms with van der Waals surface area (Å²) in [6.45, 7) is 7.53. The number of halogens is 1. The van der Waals surface area contributed by atoms with Crippen molar-refractivity contribution in [2.75, 3.05) is 0 Å². The quantitative estimate of drug-likeness (QED) is 0.907. The third-order valence-electron chi connectivity index (χ3n) is 2.91. The molecule has 0 saturated heterocycles. The fourth-order valence-electron chi connectivity index (χ4n) is 1.12. The molecule has 1 unspecified atom stereocenters. The number of rotatable bonds is 2. The third kappa shape index (κ3) is 2.88. The summed E-state index contributed by atoms with van der Waals surface area (Å²) in [6.07, 6.45) is 0. The van der Waals surface area contributed by atoms with Crippen LogP contribution in [0.3, 0.4) is 0 Å². The third-order valence-corrected chi connectivity index (χ3v) is 4.75. The number of nitriles is 1. The van der Waals surface area contributed by atoms with Crippen molar-refractivity contribution in [3.8, 4) is 6.07 Å². The van der Waals surface area contributed by atoms with Gasteiger partial charge in [0.05, 0.1) is 6.07 Å². The van der Waals surface area contributed by atoms with E-state index in [0.29, 0.717) is 4.88 Å². The first-order chi connectivity index (χ1) is 7.71. The van der Waals surface area contributed by atoms with Crippen molar-refractivity contribution in [3.63, 3.8) is 0 Å². The van der Waals surface area contributed by atoms with Gasteiger partial charge in [-0.3, -0.25) is 4.79 Å². The van der Waals surface area contributed by atoms with Crippen LogP contribution in [0.15, 0.2) is 15.9 Å². The Morgan fingerprint density at radius 1 is 1.47 bits per heavy atom. The fraction of sp³-hybridized carbons (Fsp3) is 0.500. The van der Waals surface area contributed by atoms with Gasteiger partial charge in [0, 0.05) is 4.47 Å². The van der Waals surface area contributed by atoms with Crippen LogP contribution in [0.4, 0.5) is 0 Å². The Morgan fingerprint density at radius 2 is 2.06 bits per heavy atom. The van der Waals surface area contributed by atoms with E-state index in [1.54, 1.807) is 6.92 Å². The molecule has 5 heteroatoms. The Labute approximate surface area is 114 Å². The van der Waals surface area contributed by atoms with Crippen molar-refractivity contribution >= 4 is 33.2 Å². The van der Waals surface area contributed by atoms with Gasteiger partial charge in [-0.15, -0.1) is 11.3 Å². The van der Waals surface area contributed by atoms with Gasteiger partial charge in [0.15, 0.2) is 0 Å². The predicted octanol–water partition coefficient (Wildman–Crippen LogP) is 3.57. The summed E-state index contributed by atoms with van der Waals surface area (Å²) < 4.78 is 0.759. The number of carbonyl (C=O) groups excluding carboxylic acids is 1. The highest BCUT2D eigenvalue weighted by molar-refractivity contribution is 9.10. The standard InChI is InChI=1S/C12H15BrN2OS/c1-11(2,3)12(4,7-14)15-10(16)9-8(13)5-6-17-9/h5-6H,1-4H3,(H,15,16). The van der Waals surface area contributed by atoms with Crippen molar-refractivity contribution in [1.29, 1.82) is 5.26 Å². The molecule has 92 valence electrons. The summed E-state index contributed by atoms with van der Waals surface area (Å²) in [4.78, 5) is 12.7. The van der Waals surface area contributed by atoms with Crippen molar-refractivity contribution in [2.45, 2.75) is 33.2 Å². The zero-order valence-corrected chi connectivity index (χ0v) is 12.7. The van der Waals surface area contributed by atoms with Crippen LogP contribution in [0, 0.1) is 16.7 Å². The Bertz CT molecular complexity index is 470. The highest BCUT2D eigenvalue weighted by Gasteiger charge is 2.39. The Balaban J connectivity index is 2.96. The van der Waals surface area contributed by atoms with E-state index in [1.807, 2.05) is 32.2 Å². The van der Waals surface area contributed by atoms with Crippen LogP contribution < -0.4 is 5.32 Å². The van der Waals surface area contributed by atoms with Gasteiger partial charge >= 0.3 is 0 Å². The van der Waals surface area contributed by atoms with E-state index in [-0.39, 0.29) is 11.3 Å². The van der Waals surface area contributed by atoms with Gasteiger partial charge in [0.2, 0.25) is 0 Å². The molecule has 0 saturated carbocycles. The van der Waals surface area contributed by atoms with E-state index < -0.39 is 5.54 Å². The zero-order chi connectivity index (χ0) is 13.3. The summed E-state index contributed by atoms with van der Waals surface area (Å²) in [5, 5.41) is 13.9. The minimum atomic E-state index is -0.895. The van der Waals surface area contributed by atoms with Crippen molar-refractivity contribution < 1.29 is 4.79 Å². The van der Waals surface area contributed by atoms with E-state index in [4.69, 9.17) is 0 Å². The zero-order valence-electron chi connectivity index (χ0n) is 10.3. The maximum atomic E-state index is 12.1. The number of nitrogens with zero attached hydrogens (tertiary/aromatic N) is 1. The molecule has 0 bridgehead atoms. The molecule has 1 rings (SSSR count). The molecule has 0 aliphatic carbocycles. The summed E-state index contributed by atoms with van der Waals surface area (Å²) in [5.74, 6) is -0.217. The van der Waals surface area contributed by atoms with E-state index in [0.717, 1.165) is 4.47 Å². The van der Waals surface area contributed by atoms with Crippen LogP contribution in [0.25, 0.3) is 0 Å². The molecule has 1 heterocycles. The summed E-state index contributed by atoms with van der Waals surface area (Å²) in [5.41, 5.74) is -1.23. The molecular weight excluding hydrogens is 300 g/mol. The summed E-state index contributed by atoms with van der Waals surface area (Å²) in [7, 11) is 0. The average Bonchev–Trinajstić information content (AvgIpc) is 2.62. The second-order valence-corrected chi connectivity index (χ2v) is 6.81. The van der Waals surface area contributed by atoms with Crippen LogP contribution in [-0.2, 0) is 0 Å². The van der Waals surface area contributed by atoms with Crippen molar-refractivity contribution in [2.24, 2.45) is 5.41 Å². The number of hydrogen-bond donors (Lipinski definition) is 1. The van der Waals surface area contributed by atoms with Gasteiger partial charge in [-0.2, -0.15) is 5.26 Å². The molecule has 1 aromatic rings. The molecule has 1 amide bonds. The van der Waals surface area contributed by atoms with Gasteiger partial charge in [-0.25, -0.2) is 0 Å². The number of nitrogens with one attached hydrogen (secondary N) is 1. The number of hydrogen-bond acceptors (Lipinski definition) is 3. The average molecular weight is 315 g/mol. The lowest BCUT2D eigenvalue weighted by Gasteiger charge is -2.36. The molecule has 3 nitrogen and oxygen atoms in total. The maximum Gasteiger partial charge on any atom is 0.263 e. The first-order valence-corrected chi connectivity index (χ1v) is 6.85. The first kappa shape index (κ1) is 14.2. The second kappa shape index (κ2) is 4.79. The molecule has 0 spiro atoms. The van der Waals surface area contributed by atoms with Gasteiger partial charge in [-0.05, 0) is 39.7 Å². The van der Waals surface area contributed by atoms with E-state index >= 15 is 0 Å². The van der Waals surface area contributed by atoms with Crippen LogP contribution in [0.2, 0.25) is 0 Å². The Hall–Kier alpha value is -0.860. The minimum Gasteiger partial charge on any atom is -0.333 e. The molecule has 0 aliphatic heterocycles. The van der Waals surface area contributed by atoms with Crippen LogP contribution >= 0.6 is 27.3 Å². The molecule has 0 aliphatic rings. The summed E-state index contributed by atoms with van der Waals surface area (Å²) in [6, 6.07) is 4.01. The molecule has 1 N–H and O–H groups in total. The Morgan fingerprint density at radius 3 is 2.41 bits per heavy atom. The molecule has 1 atom stereocenters. The van der Waals surface area contributed by atoms with Crippen LogP contribution in [0.1, 0.15) is 37.4 Å². The first-order valence-electron chi connectivity index (χ1n) is 5.18. The van der Waals surface area contributed by atoms with Crippen LogP contribution in [0.5, 0.6) is 0 Å². The van der Waals surface area contributed by atoms with Crippen molar-refractivity contribution in [3.05, 3.63) is 20.8 Å². The Kier molecular flexibility index (Phi) is 4.00. The fourth-order valence-corrected chi connectivity index (χ4v) is 2.57. The molecule has 0 fully saturated rings. The lowest BCUT2D eigenvalue weighted by Crippen LogP contribution is -2.53. The smallest absolute Gasteiger partial charge is 0.263 e. The van der Waals surface area contributed by atoms with Gasteiger partial charge in [0.1, 0.15) is 10.4 Å². The highest BCUT2D eigenvalue weighted by atomic mass is 79.9. The predicted molar refractivity (Wildman–Crippen MR) is 73.0 cm³/mol. The van der Waals surface area contributed by atoms with Gasteiger partial charge in [-0.1, -0.05) is 20.8 Å². The highest BCUT2D eigenvalue weighted by Crippen LogP contribution is 2.31. The lowest BCUT2D eigenvalue weighted by molar-refractivity contribution is 0.0871. The van der Waals surface area contributed by atoms with E-state index in [2.05, 4.69) is 27.3 Å². The van der Waals surface area contributed by atoms with Gasteiger partial charge < -0.3 is 5.32 Å². The maximum absolute atomic E-state index is 12.1. The summed E-state index contributed by atoms with van der Waals surface area (Å²) >= 11 is 4.66. The van der Waals surface area contributed by atoms with Gasteiger partial charge in [0.25, 0.3) is 5.91 Å². The minimum absolute atomic E-state index is 0.217. The normalized spacial score (nSPS) is 14.8. The monoisotopic (exact) mass is 314 g/mol. The lowest BCUT2D eigenvalue weighted by atomic mass is 9.76. The molecule has 1 aromatic heterocycles. The largest absolute Gasteiger partial charge is 0.333 e. The van der Waals surface area contributed by atoms with Crippen molar-refractivity contribution in [1.82, 2.24) is 5.32 Å². The molecular formula is C12H15BrN2OS. The van der Waals surface area contributed by atoms with Crippen LogP contribution in [-0.4, -0.2) is 11.4 Å². The molecule has 0 aromatic carbocycles. The van der Waals surface area contributed by atoms with E-state index in [9.17, 15) is 10.1 Å². The molecule has 0 radical (unpaired) electrons. The van der Waals surface area contributed by atoms with E-state index in [1.165, 1.54) is 11.3 Å². The number of amides is 1. The topological polar surface area (TPSA) is 52.9 Å². The SMILES string of the molecule is CC(C)(C)C(C)(C#N)NC(=O)c1sccc1Br. The second-order valence-electron chi connectivity index (χ2n) is 5.04.